The Kier molecular flexibility index (Phi) is 8.83. The lowest BCUT2D eigenvalue weighted by molar-refractivity contribution is 0.0421. The summed E-state index contributed by atoms with van der Waals surface area (Å²) in [5.41, 5.74) is 1.19. The first-order valence-electron chi connectivity index (χ1n) is 11.5. The quantitative estimate of drug-likeness (QED) is 0.545. The highest BCUT2D eigenvalue weighted by molar-refractivity contribution is 5.96. The topological polar surface area (TPSA) is 87.7 Å². The molecule has 34 heavy (non-hydrogen) atoms. The second-order valence-corrected chi connectivity index (χ2v) is 10.7. The maximum atomic E-state index is 14.3. The van der Waals surface area contributed by atoms with Gasteiger partial charge in [0.1, 0.15) is 11.4 Å². The van der Waals surface area contributed by atoms with Crippen LogP contribution in [0.4, 0.5) is 9.18 Å². The molecule has 186 valence electrons. The number of aryl methyl sites for hydroxylation is 1. The zero-order valence-corrected chi connectivity index (χ0v) is 21.2. The molecule has 2 rings (SSSR count). The number of ether oxygens (including phenoxy) is 1. The fourth-order valence-electron chi connectivity index (χ4n) is 3.50. The first-order chi connectivity index (χ1) is 15.6. The Bertz CT molecular complexity index is 1010. The number of carbonyl (C=O) groups excluding carboxylic acids is 2. The van der Waals surface area contributed by atoms with E-state index < -0.39 is 35.2 Å². The van der Waals surface area contributed by atoms with Crippen LogP contribution in [0.3, 0.4) is 0 Å². The van der Waals surface area contributed by atoms with Crippen molar-refractivity contribution >= 4 is 12.0 Å². The van der Waals surface area contributed by atoms with Crippen LogP contribution in [0.1, 0.15) is 68.6 Å². The highest BCUT2D eigenvalue weighted by atomic mass is 19.1. The summed E-state index contributed by atoms with van der Waals surface area (Å²) in [7, 11) is 0. The third kappa shape index (κ3) is 8.78. The number of hydrogen-bond donors (Lipinski definition) is 3. The first kappa shape index (κ1) is 27.3. The Hall–Kier alpha value is -2.93. The van der Waals surface area contributed by atoms with Crippen LogP contribution < -0.4 is 10.6 Å². The molecule has 0 saturated carbocycles. The minimum absolute atomic E-state index is 0.0580. The molecule has 0 radical (unpaired) electrons. The molecule has 0 aromatic heterocycles. The molecule has 2 atom stereocenters. The normalized spacial score (nSPS) is 13.7. The van der Waals surface area contributed by atoms with Crippen LogP contribution in [0.2, 0.25) is 0 Å². The highest BCUT2D eigenvalue weighted by Gasteiger charge is 2.28. The molecule has 0 aliphatic carbocycles. The Morgan fingerprint density at radius 2 is 1.65 bits per heavy atom. The van der Waals surface area contributed by atoms with E-state index >= 15 is 0 Å². The van der Waals surface area contributed by atoms with Crippen molar-refractivity contribution in [3.63, 3.8) is 0 Å². The molecule has 2 aromatic rings. The van der Waals surface area contributed by atoms with E-state index in [1.807, 2.05) is 33.8 Å². The first-order valence-corrected chi connectivity index (χ1v) is 11.5. The van der Waals surface area contributed by atoms with E-state index in [0.29, 0.717) is 16.7 Å². The van der Waals surface area contributed by atoms with Crippen molar-refractivity contribution in [1.82, 2.24) is 10.6 Å². The summed E-state index contributed by atoms with van der Waals surface area (Å²) in [5.74, 6) is -0.671. The molecule has 2 amide bonds. The Morgan fingerprint density at radius 3 is 2.24 bits per heavy atom. The van der Waals surface area contributed by atoms with Gasteiger partial charge in [-0.1, -0.05) is 35.9 Å². The number of rotatable bonds is 7. The minimum atomic E-state index is -1.10. The van der Waals surface area contributed by atoms with E-state index in [2.05, 4.69) is 10.6 Å². The summed E-state index contributed by atoms with van der Waals surface area (Å²) < 4.78 is 19.7. The van der Waals surface area contributed by atoms with Crippen molar-refractivity contribution in [2.45, 2.75) is 84.6 Å². The van der Waals surface area contributed by atoms with E-state index in [-0.39, 0.29) is 18.7 Å². The summed E-state index contributed by atoms with van der Waals surface area (Å²) in [5, 5.41) is 16.8. The summed E-state index contributed by atoms with van der Waals surface area (Å²) in [6.07, 6.45) is -1.66. The SMILES string of the molecule is Cc1ccc(C[C@@H](O)[C@@H](Cc2ccccc2F)NC(=O)OC(C)(C)C)c(C(=O)NC(C)(C)C)c1. The number of halogens is 1. The minimum Gasteiger partial charge on any atom is -0.444 e. The van der Waals surface area contributed by atoms with Gasteiger partial charge >= 0.3 is 6.09 Å². The van der Waals surface area contributed by atoms with Crippen molar-refractivity contribution in [2.24, 2.45) is 0 Å². The molecule has 0 fully saturated rings. The summed E-state index contributed by atoms with van der Waals surface area (Å²) in [4.78, 5) is 25.4. The molecule has 7 heteroatoms. The van der Waals surface area contributed by atoms with Gasteiger partial charge in [-0.15, -0.1) is 0 Å². The molecule has 0 heterocycles. The summed E-state index contributed by atoms with van der Waals surface area (Å²) in [6.45, 7) is 12.8. The Labute approximate surface area is 201 Å². The molecule has 2 aromatic carbocycles. The van der Waals surface area contributed by atoms with E-state index in [9.17, 15) is 19.1 Å². The van der Waals surface area contributed by atoms with Gasteiger partial charge in [0.05, 0.1) is 12.1 Å². The number of aliphatic hydroxyl groups is 1. The van der Waals surface area contributed by atoms with Crippen molar-refractivity contribution in [1.29, 1.82) is 0 Å². The lowest BCUT2D eigenvalue weighted by Crippen LogP contribution is -2.48. The third-order valence-corrected chi connectivity index (χ3v) is 4.99. The smallest absolute Gasteiger partial charge is 0.407 e. The van der Waals surface area contributed by atoms with Crippen molar-refractivity contribution in [3.8, 4) is 0 Å². The fraction of sp³-hybridized carbons (Fsp3) is 0.481. The molecule has 0 aliphatic rings. The van der Waals surface area contributed by atoms with Gasteiger partial charge in [-0.2, -0.15) is 0 Å². The average Bonchev–Trinajstić information content (AvgIpc) is 2.67. The van der Waals surface area contributed by atoms with E-state index in [4.69, 9.17) is 4.74 Å². The van der Waals surface area contributed by atoms with Gasteiger partial charge in [0, 0.05) is 17.5 Å². The monoisotopic (exact) mass is 472 g/mol. The number of carbonyl (C=O) groups is 2. The third-order valence-electron chi connectivity index (χ3n) is 4.99. The van der Waals surface area contributed by atoms with Gasteiger partial charge < -0.3 is 20.5 Å². The van der Waals surface area contributed by atoms with Gasteiger partial charge in [0.15, 0.2) is 0 Å². The molecule has 0 unspecified atom stereocenters. The van der Waals surface area contributed by atoms with Crippen LogP contribution in [-0.2, 0) is 17.6 Å². The summed E-state index contributed by atoms with van der Waals surface area (Å²) in [6, 6.07) is 10.8. The molecule has 3 N–H and O–H groups in total. The molecule has 0 bridgehead atoms. The number of hydrogen-bond acceptors (Lipinski definition) is 4. The highest BCUT2D eigenvalue weighted by Crippen LogP contribution is 2.19. The van der Waals surface area contributed by atoms with Crippen molar-refractivity contribution in [2.75, 3.05) is 0 Å². The lowest BCUT2D eigenvalue weighted by Gasteiger charge is -2.28. The van der Waals surface area contributed by atoms with Gasteiger partial charge in [-0.25, -0.2) is 9.18 Å². The zero-order valence-electron chi connectivity index (χ0n) is 21.2. The fourth-order valence-corrected chi connectivity index (χ4v) is 3.50. The standard InChI is InChI=1S/C27H37FN2O4/c1-17-12-13-18(20(14-17)24(32)30-26(2,3)4)16-23(31)22(29-25(33)34-27(5,6)7)15-19-10-8-9-11-21(19)28/h8-14,22-23,31H,15-16H2,1-7H3,(H,29,33)(H,30,32)/t22-,23-/m1/s1. The van der Waals surface area contributed by atoms with Crippen LogP contribution in [-0.4, -0.2) is 40.4 Å². The van der Waals surface area contributed by atoms with E-state index in [0.717, 1.165) is 5.56 Å². The second kappa shape index (κ2) is 11.0. The predicted molar refractivity (Wildman–Crippen MR) is 131 cm³/mol. The number of amides is 2. The number of nitrogens with one attached hydrogen (secondary N) is 2. The van der Waals surface area contributed by atoms with Crippen LogP contribution >= 0.6 is 0 Å². The lowest BCUT2D eigenvalue weighted by atomic mass is 9.92. The maximum absolute atomic E-state index is 14.3. The van der Waals surface area contributed by atoms with Gasteiger partial charge in [0.2, 0.25) is 0 Å². The Balaban J connectivity index is 2.32. The van der Waals surface area contributed by atoms with Gasteiger partial charge in [-0.3, -0.25) is 4.79 Å². The second-order valence-electron chi connectivity index (χ2n) is 10.7. The maximum Gasteiger partial charge on any atom is 0.407 e. The number of alkyl carbamates (subject to hydrolysis) is 1. The molecule has 0 saturated heterocycles. The largest absolute Gasteiger partial charge is 0.444 e. The molecule has 6 nitrogen and oxygen atoms in total. The van der Waals surface area contributed by atoms with E-state index in [1.54, 1.807) is 51.1 Å². The van der Waals surface area contributed by atoms with Crippen LogP contribution in [0.15, 0.2) is 42.5 Å². The van der Waals surface area contributed by atoms with Crippen molar-refractivity contribution < 1.29 is 23.8 Å². The Morgan fingerprint density at radius 1 is 1.00 bits per heavy atom. The van der Waals surface area contributed by atoms with Crippen molar-refractivity contribution in [3.05, 3.63) is 70.5 Å². The van der Waals surface area contributed by atoms with Gasteiger partial charge in [-0.05, 0) is 78.1 Å². The molecular weight excluding hydrogens is 435 g/mol. The zero-order chi connectivity index (χ0) is 25.7. The summed E-state index contributed by atoms with van der Waals surface area (Å²) >= 11 is 0. The van der Waals surface area contributed by atoms with E-state index in [1.165, 1.54) is 6.07 Å². The number of aliphatic hydroxyl groups excluding tert-OH is 1. The van der Waals surface area contributed by atoms with Crippen LogP contribution in [0, 0.1) is 12.7 Å². The molecule has 0 spiro atoms. The molecular formula is C27H37FN2O4. The predicted octanol–water partition coefficient (Wildman–Crippen LogP) is 4.70. The van der Waals surface area contributed by atoms with Gasteiger partial charge in [0.25, 0.3) is 5.91 Å². The molecule has 0 aliphatic heterocycles. The van der Waals surface area contributed by atoms with Crippen LogP contribution in [0.25, 0.3) is 0 Å². The number of benzene rings is 2. The van der Waals surface area contributed by atoms with Crippen LogP contribution in [0.5, 0.6) is 0 Å². The average molecular weight is 473 g/mol.